The summed E-state index contributed by atoms with van der Waals surface area (Å²) in [6.07, 6.45) is 3.29. The van der Waals surface area contributed by atoms with E-state index in [9.17, 15) is 0 Å². The molecule has 3 rings (SSSR count). The van der Waals surface area contributed by atoms with Crippen LogP contribution in [0.25, 0.3) is 0 Å². The molecular weight excluding hydrogens is 244 g/mol. The van der Waals surface area contributed by atoms with E-state index in [0.29, 0.717) is 5.92 Å². The SMILES string of the molecule is CCc1cccc(C(NN)C2Cc3ccccc3C2)c1. The van der Waals surface area contributed by atoms with Gasteiger partial charge in [-0.25, -0.2) is 0 Å². The minimum absolute atomic E-state index is 0.230. The monoisotopic (exact) mass is 266 g/mol. The van der Waals surface area contributed by atoms with Crippen molar-refractivity contribution in [1.29, 1.82) is 0 Å². The first-order valence-corrected chi connectivity index (χ1v) is 7.43. The van der Waals surface area contributed by atoms with E-state index in [2.05, 4.69) is 60.9 Å². The molecule has 0 radical (unpaired) electrons. The highest BCUT2D eigenvalue weighted by Crippen LogP contribution is 2.35. The number of fused-ring (bicyclic) bond motifs is 1. The van der Waals surface area contributed by atoms with Crippen LogP contribution in [0.15, 0.2) is 48.5 Å². The van der Waals surface area contributed by atoms with E-state index in [1.54, 1.807) is 0 Å². The summed E-state index contributed by atoms with van der Waals surface area (Å²) in [6.45, 7) is 2.19. The molecule has 104 valence electrons. The molecule has 0 amide bonds. The van der Waals surface area contributed by atoms with E-state index >= 15 is 0 Å². The van der Waals surface area contributed by atoms with Gasteiger partial charge < -0.3 is 0 Å². The lowest BCUT2D eigenvalue weighted by atomic mass is 9.90. The van der Waals surface area contributed by atoms with Crippen LogP contribution in [-0.2, 0) is 19.3 Å². The van der Waals surface area contributed by atoms with Crippen LogP contribution in [-0.4, -0.2) is 0 Å². The molecule has 0 aromatic heterocycles. The highest BCUT2D eigenvalue weighted by Gasteiger charge is 2.28. The second-order valence-corrected chi connectivity index (χ2v) is 5.68. The average molecular weight is 266 g/mol. The highest BCUT2D eigenvalue weighted by molar-refractivity contribution is 5.35. The lowest BCUT2D eigenvalue weighted by Crippen LogP contribution is -2.34. The number of hydrogen-bond donors (Lipinski definition) is 2. The Labute approximate surface area is 121 Å². The predicted molar refractivity (Wildman–Crippen MR) is 83.2 cm³/mol. The van der Waals surface area contributed by atoms with Crippen LogP contribution in [0.3, 0.4) is 0 Å². The van der Waals surface area contributed by atoms with E-state index in [4.69, 9.17) is 5.84 Å². The molecule has 0 bridgehead atoms. The fourth-order valence-corrected chi connectivity index (χ4v) is 3.34. The first kappa shape index (κ1) is 13.3. The Morgan fingerprint density at radius 3 is 2.40 bits per heavy atom. The normalized spacial score (nSPS) is 16.1. The van der Waals surface area contributed by atoms with Crippen LogP contribution in [0.2, 0.25) is 0 Å². The second kappa shape index (κ2) is 5.78. The topological polar surface area (TPSA) is 38.0 Å². The molecule has 2 heteroatoms. The van der Waals surface area contributed by atoms with Crippen molar-refractivity contribution in [3.63, 3.8) is 0 Å². The van der Waals surface area contributed by atoms with Crippen LogP contribution in [0, 0.1) is 5.92 Å². The Hall–Kier alpha value is -1.64. The smallest absolute Gasteiger partial charge is 0.0494 e. The molecule has 0 saturated carbocycles. The van der Waals surface area contributed by atoms with Crippen molar-refractivity contribution in [3.8, 4) is 0 Å². The Morgan fingerprint density at radius 1 is 1.10 bits per heavy atom. The van der Waals surface area contributed by atoms with Gasteiger partial charge in [-0.2, -0.15) is 0 Å². The van der Waals surface area contributed by atoms with Crippen LogP contribution in [0.1, 0.15) is 35.2 Å². The average Bonchev–Trinajstić information content (AvgIpc) is 2.91. The van der Waals surface area contributed by atoms with Crippen molar-refractivity contribution in [2.45, 2.75) is 32.2 Å². The van der Waals surface area contributed by atoms with Crippen molar-refractivity contribution < 1.29 is 0 Å². The summed E-state index contributed by atoms with van der Waals surface area (Å²) in [5.74, 6) is 6.41. The van der Waals surface area contributed by atoms with Gasteiger partial charge in [0.2, 0.25) is 0 Å². The molecule has 1 aliphatic rings. The quantitative estimate of drug-likeness (QED) is 0.659. The Morgan fingerprint density at radius 2 is 1.80 bits per heavy atom. The van der Waals surface area contributed by atoms with Crippen molar-refractivity contribution in [1.82, 2.24) is 5.43 Å². The van der Waals surface area contributed by atoms with Gasteiger partial charge in [-0.15, -0.1) is 0 Å². The third-order valence-electron chi connectivity index (χ3n) is 4.45. The van der Waals surface area contributed by atoms with Crippen molar-refractivity contribution in [3.05, 3.63) is 70.8 Å². The van der Waals surface area contributed by atoms with Gasteiger partial charge in [0.05, 0.1) is 0 Å². The van der Waals surface area contributed by atoms with Gasteiger partial charge in [0.15, 0.2) is 0 Å². The third-order valence-corrected chi connectivity index (χ3v) is 4.45. The van der Waals surface area contributed by atoms with E-state index < -0.39 is 0 Å². The summed E-state index contributed by atoms with van der Waals surface area (Å²) in [4.78, 5) is 0. The number of hydrazine groups is 1. The van der Waals surface area contributed by atoms with Gasteiger partial charge in [-0.3, -0.25) is 11.3 Å². The molecule has 0 heterocycles. The zero-order chi connectivity index (χ0) is 13.9. The van der Waals surface area contributed by atoms with Crippen molar-refractivity contribution >= 4 is 0 Å². The first-order chi connectivity index (χ1) is 9.81. The summed E-state index contributed by atoms with van der Waals surface area (Å²) in [7, 11) is 0. The predicted octanol–water partition coefficient (Wildman–Crippen LogP) is 3.17. The number of rotatable bonds is 4. The number of aryl methyl sites for hydroxylation is 1. The van der Waals surface area contributed by atoms with E-state index in [1.165, 1.54) is 22.3 Å². The lowest BCUT2D eigenvalue weighted by Gasteiger charge is -2.23. The zero-order valence-corrected chi connectivity index (χ0v) is 12.0. The van der Waals surface area contributed by atoms with Gasteiger partial charge in [0, 0.05) is 6.04 Å². The zero-order valence-electron chi connectivity index (χ0n) is 12.0. The van der Waals surface area contributed by atoms with Crippen LogP contribution >= 0.6 is 0 Å². The number of nitrogens with one attached hydrogen (secondary N) is 1. The lowest BCUT2D eigenvalue weighted by molar-refractivity contribution is 0.379. The maximum absolute atomic E-state index is 5.86. The van der Waals surface area contributed by atoms with Gasteiger partial charge in [-0.1, -0.05) is 55.5 Å². The Balaban J connectivity index is 1.85. The fraction of sp³-hybridized carbons (Fsp3) is 0.333. The Bertz CT molecular complexity index is 566. The summed E-state index contributed by atoms with van der Waals surface area (Å²) in [5.41, 5.74) is 8.68. The number of benzene rings is 2. The molecule has 3 N–H and O–H groups in total. The molecule has 0 spiro atoms. The van der Waals surface area contributed by atoms with Crippen LogP contribution < -0.4 is 11.3 Å². The Kier molecular flexibility index (Phi) is 3.86. The van der Waals surface area contributed by atoms with E-state index in [1.807, 2.05) is 0 Å². The maximum Gasteiger partial charge on any atom is 0.0494 e. The molecular formula is C18H22N2. The highest BCUT2D eigenvalue weighted by atomic mass is 15.2. The summed E-state index contributed by atoms with van der Waals surface area (Å²) >= 11 is 0. The molecule has 2 nitrogen and oxygen atoms in total. The minimum atomic E-state index is 0.230. The van der Waals surface area contributed by atoms with Crippen molar-refractivity contribution in [2.24, 2.45) is 11.8 Å². The molecule has 20 heavy (non-hydrogen) atoms. The number of nitrogens with two attached hydrogens (primary N) is 1. The molecule has 0 saturated heterocycles. The molecule has 0 aliphatic heterocycles. The molecule has 0 fully saturated rings. The van der Waals surface area contributed by atoms with Crippen molar-refractivity contribution in [2.75, 3.05) is 0 Å². The van der Waals surface area contributed by atoms with Crippen LogP contribution in [0.5, 0.6) is 0 Å². The van der Waals surface area contributed by atoms with Gasteiger partial charge in [0.1, 0.15) is 0 Å². The molecule has 1 unspecified atom stereocenters. The first-order valence-electron chi connectivity index (χ1n) is 7.43. The standard InChI is InChI=1S/C18H22N2/c1-2-13-6-5-9-16(10-13)18(20-19)17-11-14-7-3-4-8-15(14)12-17/h3-10,17-18,20H,2,11-12,19H2,1H3. The maximum atomic E-state index is 5.86. The van der Waals surface area contributed by atoms with Gasteiger partial charge >= 0.3 is 0 Å². The second-order valence-electron chi connectivity index (χ2n) is 5.68. The largest absolute Gasteiger partial charge is 0.271 e. The molecule has 1 aliphatic carbocycles. The minimum Gasteiger partial charge on any atom is -0.271 e. The molecule has 1 atom stereocenters. The van der Waals surface area contributed by atoms with Gasteiger partial charge in [-0.05, 0) is 47.4 Å². The summed E-state index contributed by atoms with van der Waals surface area (Å²) < 4.78 is 0. The van der Waals surface area contributed by atoms with E-state index in [0.717, 1.165) is 19.3 Å². The summed E-state index contributed by atoms with van der Waals surface area (Å²) in [6, 6.07) is 17.8. The van der Waals surface area contributed by atoms with E-state index in [-0.39, 0.29) is 6.04 Å². The van der Waals surface area contributed by atoms with Gasteiger partial charge in [0.25, 0.3) is 0 Å². The number of hydrogen-bond acceptors (Lipinski definition) is 2. The third kappa shape index (κ3) is 2.49. The molecule has 2 aromatic carbocycles. The summed E-state index contributed by atoms with van der Waals surface area (Å²) in [5, 5.41) is 0. The van der Waals surface area contributed by atoms with Crippen LogP contribution in [0.4, 0.5) is 0 Å². The fourth-order valence-electron chi connectivity index (χ4n) is 3.34. The molecule has 2 aromatic rings.